The molecule has 1 saturated carbocycles. The third-order valence-electron chi connectivity index (χ3n) is 7.84. The van der Waals surface area contributed by atoms with Crippen LogP contribution in [0.4, 0.5) is 26.3 Å². The lowest BCUT2D eigenvalue weighted by Gasteiger charge is -2.28. The fraction of sp³-hybridized carbons (Fsp3) is 0.438. The van der Waals surface area contributed by atoms with Crippen LogP contribution in [0.25, 0.3) is 10.8 Å². The van der Waals surface area contributed by atoms with Crippen molar-refractivity contribution in [1.29, 1.82) is 0 Å². The van der Waals surface area contributed by atoms with Gasteiger partial charge in [0.05, 0.1) is 0 Å². The molecule has 210 valence electrons. The second-order valence-corrected chi connectivity index (χ2v) is 10.6. The minimum absolute atomic E-state index is 0.0538. The lowest BCUT2D eigenvalue weighted by molar-refractivity contribution is -0.276. The first kappa shape index (κ1) is 29.0. The quantitative estimate of drug-likeness (QED) is 0.181. The predicted octanol–water partition coefficient (Wildman–Crippen LogP) is 10.0. The van der Waals surface area contributed by atoms with Gasteiger partial charge >= 0.3 is 6.36 Å². The molecule has 0 aliphatic heterocycles. The van der Waals surface area contributed by atoms with E-state index >= 15 is 4.39 Å². The van der Waals surface area contributed by atoms with E-state index in [1.165, 1.54) is 44.1 Å². The highest BCUT2D eigenvalue weighted by Gasteiger charge is 2.34. The zero-order valence-electron chi connectivity index (χ0n) is 22.1. The highest BCUT2D eigenvalue weighted by atomic mass is 19.4. The van der Waals surface area contributed by atoms with E-state index in [2.05, 4.69) is 23.8 Å². The zero-order valence-corrected chi connectivity index (χ0v) is 22.1. The summed E-state index contributed by atoms with van der Waals surface area (Å²) < 4.78 is 83.7. The summed E-state index contributed by atoms with van der Waals surface area (Å²) in [4.78, 5) is 0. The van der Waals surface area contributed by atoms with Crippen molar-refractivity contribution in [2.24, 2.45) is 11.8 Å². The Morgan fingerprint density at radius 2 is 1.46 bits per heavy atom. The van der Waals surface area contributed by atoms with Crippen molar-refractivity contribution in [3.05, 3.63) is 88.8 Å². The number of ether oxygens (including phenoxy) is 1. The molecule has 1 aliphatic rings. The van der Waals surface area contributed by atoms with Gasteiger partial charge in [-0.15, -0.1) is 13.2 Å². The van der Waals surface area contributed by atoms with Gasteiger partial charge in [-0.1, -0.05) is 68.2 Å². The molecule has 39 heavy (non-hydrogen) atoms. The molecule has 3 aromatic carbocycles. The van der Waals surface area contributed by atoms with Gasteiger partial charge in [-0.3, -0.25) is 0 Å². The molecule has 1 aliphatic carbocycles. The summed E-state index contributed by atoms with van der Waals surface area (Å²) in [5.41, 5.74) is 1.66. The third-order valence-corrected chi connectivity index (χ3v) is 7.84. The van der Waals surface area contributed by atoms with Crippen molar-refractivity contribution in [3.63, 3.8) is 0 Å². The number of benzene rings is 3. The maximum atomic E-state index is 15.2. The molecule has 4 rings (SSSR count). The van der Waals surface area contributed by atoms with Gasteiger partial charge in [-0.05, 0) is 91.5 Å². The summed E-state index contributed by atoms with van der Waals surface area (Å²) in [6, 6.07) is 10.8. The Balaban J connectivity index is 1.34. The van der Waals surface area contributed by atoms with Crippen LogP contribution in [-0.2, 0) is 19.3 Å². The van der Waals surface area contributed by atoms with E-state index in [4.69, 9.17) is 0 Å². The Labute approximate surface area is 225 Å². The van der Waals surface area contributed by atoms with Crippen LogP contribution in [0, 0.1) is 29.3 Å². The van der Waals surface area contributed by atoms with E-state index in [0.29, 0.717) is 10.9 Å². The van der Waals surface area contributed by atoms with E-state index in [1.807, 2.05) is 18.2 Å². The molecule has 0 bridgehead atoms. The Morgan fingerprint density at radius 3 is 2.10 bits per heavy atom. The minimum Gasteiger partial charge on any atom is -0.399 e. The summed E-state index contributed by atoms with van der Waals surface area (Å²) in [5, 5.41) is 1.27. The summed E-state index contributed by atoms with van der Waals surface area (Å²) in [6.45, 7) is 2.07. The van der Waals surface area contributed by atoms with Gasteiger partial charge in [0.2, 0.25) is 5.75 Å². The molecular formula is C32H34F6O. The number of halogens is 6. The highest BCUT2D eigenvalue weighted by Crippen LogP contribution is 2.35. The second-order valence-electron chi connectivity index (χ2n) is 10.6. The molecule has 1 nitrogen and oxygen atoms in total. The Kier molecular flexibility index (Phi) is 9.62. The van der Waals surface area contributed by atoms with Gasteiger partial charge in [0.15, 0.2) is 11.6 Å². The molecule has 0 N–H and O–H groups in total. The van der Waals surface area contributed by atoms with E-state index in [0.717, 1.165) is 42.2 Å². The van der Waals surface area contributed by atoms with Crippen molar-refractivity contribution < 1.29 is 31.1 Å². The second kappa shape index (κ2) is 12.9. The van der Waals surface area contributed by atoms with E-state index in [-0.39, 0.29) is 18.4 Å². The summed E-state index contributed by atoms with van der Waals surface area (Å²) in [7, 11) is 0. The molecule has 1 fully saturated rings. The van der Waals surface area contributed by atoms with Crippen LogP contribution in [0.15, 0.2) is 54.6 Å². The van der Waals surface area contributed by atoms with Crippen LogP contribution in [0.2, 0.25) is 0 Å². The zero-order chi connectivity index (χ0) is 28.0. The van der Waals surface area contributed by atoms with Gasteiger partial charge in [0, 0.05) is 5.39 Å². The maximum absolute atomic E-state index is 15.2. The molecule has 0 amide bonds. The summed E-state index contributed by atoms with van der Waals surface area (Å²) in [5.74, 6) is -3.21. The Bertz CT molecular complexity index is 1260. The number of rotatable bonds is 10. The van der Waals surface area contributed by atoms with Crippen molar-refractivity contribution in [3.8, 4) is 5.75 Å². The molecular weight excluding hydrogens is 514 g/mol. The van der Waals surface area contributed by atoms with Crippen molar-refractivity contribution in [2.45, 2.75) is 77.5 Å². The highest BCUT2D eigenvalue weighted by molar-refractivity contribution is 5.84. The average Bonchev–Trinajstić information content (AvgIpc) is 2.89. The van der Waals surface area contributed by atoms with Gasteiger partial charge in [0.25, 0.3) is 0 Å². The van der Waals surface area contributed by atoms with Gasteiger partial charge in [-0.2, -0.15) is 0 Å². The predicted molar refractivity (Wildman–Crippen MR) is 142 cm³/mol. The molecule has 0 spiro atoms. The van der Waals surface area contributed by atoms with Crippen LogP contribution < -0.4 is 4.74 Å². The molecule has 0 unspecified atom stereocenters. The van der Waals surface area contributed by atoms with Crippen LogP contribution in [0.3, 0.4) is 0 Å². The SMILES string of the molecule is C/C=C/CCC1CCC(CCc2ccc3c(F)c(CCc4cc(F)c(OC(F)(F)F)c(F)c4)ccc3c2)CC1. The van der Waals surface area contributed by atoms with Crippen LogP contribution in [0.5, 0.6) is 5.75 Å². The molecule has 0 radical (unpaired) electrons. The van der Waals surface area contributed by atoms with Crippen molar-refractivity contribution >= 4 is 10.8 Å². The number of aryl methyl sites for hydroxylation is 3. The van der Waals surface area contributed by atoms with Crippen molar-refractivity contribution in [2.75, 3.05) is 0 Å². The minimum atomic E-state index is -5.21. The van der Waals surface area contributed by atoms with E-state index in [1.54, 1.807) is 12.1 Å². The maximum Gasteiger partial charge on any atom is 0.573 e. The third kappa shape index (κ3) is 8.02. The van der Waals surface area contributed by atoms with Gasteiger partial charge < -0.3 is 4.74 Å². The molecule has 0 aromatic heterocycles. The summed E-state index contributed by atoms with van der Waals surface area (Å²) >= 11 is 0. The lowest BCUT2D eigenvalue weighted by Crippen LogP contribution is -2.19. The molecule has 7 heteroatoms. The van der Waals surface area contributed by atoms with Crippen LogP contribution in [-0.4, -0.2) is 6.36 Å². The van der Waals surface area contributed by atoms with Crippen LogP contribution >= 0.6 is 0 Å². The number of allylic oxidation sites excluding steroid dienone is 2. The van der Waals surface area contributed by atoms with Crippen molar-refractivity contribution in [1.82, 2.24) is 0 Å². The first-order chi connectivity index (χ1) is 18.6. The van der Waals surface area contributed by atoms with E-state index in [9.17, 15) is 22.0 Å². The fourth-order valence-corrected chi connectivity index (χ4v) is 5.66. The molecule has 0 heterocycles. The smallest absolute Gasteiger partial charge is 0.399 e. The number of hydrogen-bond donors (Lipinski definition) is 0. The van der Waals surface area contributed by atoms with Crippen LogP contribution in [0.1, 0.15) is 68.6 Å². The average molecular weight is 549 g/mol. The van der Waals surface area contributed by atoms with E-state index < -0.39 is 29.6 Å². The fourth-order valence-electron chi connectivity index (χ4n) is 5.66. The Morgan fingerprint density at radius 1 is 0.795 bits per heavy atom. The lowest BCUT2D eigenvalue weighted by atomic mass is 9.78. The normalized spacial score (nSPS) is 18.2. The topological polar surface area (TPSA) is 9.23 Å². The number of hydrogen-bond acceptors (Lipinski definition) is 1. The number of fused-ring (bicyclic) bond motifs is 1. The largest absolute Gasteiger partial charge is 0.573 e. The first-order valence-corrected chi connectivity index (χ1v) is 13.7. The molecule has 3 aromatic rings. The van der Waals surface area contributed by atoms with Gasteiger partial charge in [0.1, 0.15) is 5.82 Å². The Hall–Kier alpha value is -2.96. The molecule has 0 atom stereocenters. The monoisotopic (exact) mass is 548 g/mol. The summed E-state index contributed by atoms with van der Waals surface area (Å²) in [6.07, 6.45) is 9.06. The number of alkyl halides is 3. The molecule has 0 saturated heterocycles. The van der Waals surface area contributed by atoms with Gasteiger partial charge in [-0.25, -0.2) is 13.2 Å². The first-order valence-electron chi connectivity index (χ1n) is 13.7. The standard InChI is InChI=1S/C32H34F6O/c1-2-3-4-5-21-6-8-22(9-7-21)10-11-23-13-17-27-26(18-23)16-15-25(30(27)35)14-12-24-19-28(33)31(29(34)20-24)39-32(36,37)38/h2-3,13,15-22H,4-12,14H2,1H3/b3-2+.